The van der Waals surface area contributed by atoms with Gasteiger partial charge in [0, 0.05) is 4.47 Å². The van der Waals surface area contributed by atoms with Crippen LogP contribution in [0.2, 0.25) is 0 Å². The number of para-hydroxylation sites is 2. The van der Waals surface area contributed by atoms with Gasteiger partial charge in [-0.25, -0.2) is 9.67 Å². The molecule has 2 heterocycles. The number of benzene rings is 1. The fourth-order valence-electron chi connectivity index (χ4n) is 1.75. The summed E-state index contributed by atoms with van der Waals surface area (Å²) in [6.45, 7) is 0. The Balaban J connectivity index is 1.90. The summed E-state index contributed by atoms with van der Waals surface area (Å²) >= 11 is 8.13. The third-order valence-electron chi connectivity index (χ3n) is 2.69. The highest BCUT2D eigenvalue weighted by atomic mass is 79.9. The average molecular weight is 428 g/mol. The molecular formula is C13H8Br2N4OS. The van der Waals surface area contributed by atoms with Crippen molar-refractivity contribution < 1.29 is 4.79 Å². The zero-order valence-corrected chi connectivity index (χ0v) is 14.4. The Bertz CT molecular complexity index is 766. The molecule has 3 aromatic rings. The second-order valence-corrected chi connectivity index (χ2v) is 7.27. The van der Waals surface area contributed by atoms with Gasteiger partial charge in [0.1, 0.15) is 12.7 Å². The number of rotatable bonds is 3. The number of nitrogens with one attached hydrogen (secondary N) is 1. The summed E-state index contributed by atoms with van der Waals surface area (Å²) in [5.41, 5.74) is 1.44. The predicted molar refractivity (Wildman–Crippen MR) is 89.0 cm³/mol. The number of halogens is 2. The fraction of sp³-hybridized carbons (Fsp3) is 0. The number of nitrogens with zero attached hydrogens (tertiary/aromatic N) is 3. The van der Waals surface area contributed by atoms with Crippen LogP contribution in [0.3, 0.4) is 0 Å². The van der Waals surface area contributed by atoms with Gasteiger partial charge in [-0.1, -0.05) is 12.1 Å². The molecule has 0 saturated carbocycles. The Morgan fingerprint density at radius 1 is 1.29 bits per heavy atom. The molecule has 0 radical (unpaired) electrons. The average Bonchev–Trinajstić information content (AvgIpc) is 3.10. The van der Waals surface area contributed by atoms with E-state index in [4.69, 9.17) is 0 Å². The first-order chi connectivity index (χ1) is 10.1. The number of anilines is 1. The van der Waals surface area contributed by atoms with Crippen molar-refractivity contribution in [2.45, 2.75) is 0 Å². The molecule has 0 atom stereocenters. The molecule has 0 aliphatic carbocycles. The van der Waals surface area contributed by atoms with Crippen molar-refractivity contribution in [1.82, 2.24) is 14.8 Å². The van der Waals surface area contributed by atoms with Crippen LogP contribution in [-0.2, 0) is 0 Å². The molecule has 0 unspecified atom stereocenters. The van der Waals surface area contributed by atoms with Crippen molar-refractivity contribution in [2.24, 2.45) is 0 Å². The summed E-state index contributed by atoms with van der Waals surface area (Å²) in [4.78, 5) is 16.8. The summed E-state index contributed by atoms with van der Waals surface area (Å²) < 4.78 is 3.36. The fourth-order valence-corrected chi connectivity index (χ4v) is 3.69. The molecule has 0 spiro atoms. The van der Waals surface area contributed by atoms with Gasteiger partial charge in [0.2, 0.25) is 0 Å². The molecule has 1 amide bonds. The van der Waals surface area contributed by atoms with Gasteiger partial charge in [-0.05, 0) is 50.1 Å². The smallest absolute Gasteiger partial charge is 0.265 e. The highest BCUT2D eigenvalue weighted by Gasteiger charge is 2.14. The highest BCUT2D eigenvalue weighted by Crippen LogP contribution is 2.33. The molecule has 1 N–H and O–H groups in total. The molecule has 0 fully saturated rings. The van der Waals surface area contributed by atoms with Gasteiger partial charge >= 0.3 is 0 Å². The number of carbonyl (C=O) groups excluding carboxylic acids is 1. The van der Waals surface area contributed by atoms with Gasteiger partial charge < -0.3 is 5.32 Å². The molecule has 1 aromatic carbocycles. The third-order valence-corrected chi connectivity index (χ3v) is 5.94. The van der Waals surface area contributed by atoms with Crippen LogP contribution in [0.4, 0.5) is 5.69 Å². The molecule has 5 nitrogen and oxygen atoms in total. The lowest BCUT2D eigenvalue weighted by Crippen LogP contribution is -2.12. The monoisotopic (exact) mass is 426 g/mol. The van der Waals surface area contributed by atoms with Crippen LogP contribution in [0.15, 0.2) is 51.2 Å². The zero-order chi connectivity index (χ0) is 14.8. The van der Waals surface area contributed by atoms with E-state index in [1.54, 1.807) is 17.1 Å². The zero-order valence-electron chi connectivity index (χ0n) is 10.5. The van der Waals surface area contributed by atoms with Crippen LogP contribution in [0.1, 0.15) is 9.67 Å². The van der Waals surface area contributed by atoms with Crippen molar-refractivity contribution >= 4 is 54.8 Å². The summed E-state index contributed by atoms with van der Waals surface area (Å²) in [7, 11) is 0. The topological polar surface area (TPSA) is 59.8 Å². The summed E-state index contributed by atoms with van der Waals surface area (Å²) in [6, 6.07) is 9.21. The third kappa shape index (κ3) is 3.07. The van der Waals surface area contributed by atoms with E-state index in [0.29, 0.717) is 10.6 Å². The first-order valence-corrected chi connectivity index (χ1v) is 8.25. The number of aromatic nitrogens is 3. The Morgan fingerprint density at radius 2 is 2.10 bits per heavy atom. The second-order valence-electron chi connectivity index (χ2n) is 4.04. The summed E-state index contributed by atoms with van der Waals surface area (Å²) in [5, 5.41) is 6.98. The van der Waals surface area contributed by atoms with E-state index in [1.807, 2.05) is 24.3 Å². The predicted octanol–water partition coefficient (Wildman–Crippen LogP) is 4.11. The van der Waals surface area contributed by atoms with Crippen molar-refractivity contribution in [3.8, 4) is 5.69 Å². The molecule has 0 aliphatic heterocycles. The normalized spacial score (nSPS) is 10.6. The van der Waals surface area contributed by atoms with Crippen LogP contribution < -0.4 is 5.32 Å². The van der Waals surface area contributed by atoms with E-state index >= 15 is 0 Å². The first kappa shape index (κ1) is 14.4. The maximum absolute atomic E-state index is 12.3. The van der Waals surface area contributed by atoms with Crippen LogP contribution in [-0.4, -0.2) is 20.7 Å². The molecule has 0 bridgehead atoms. The second kappa shape index (κ2) is 6.08. The highest BCUT2D eigenvalue weighted by molar-refractivity contribution is 9.13. The number of thiophene rings is 1. The lowest BCUT2D eigenvalue weighted by Gasteiger charge is -2.09. The lowest BCUT2D eigenvalue weighted by molar-refractivity contribution is 0.103. The van der Waals surface area contributed by atoms with Gasteiger partial charge in [-0.15, -0.1) is 11.3 Å². The Hall–Kier alpha value is -1.51. The van der Waals surface area contributed by atoms with E-state index < -0.39 is 0 Å². The number of carbonyl (C=O) groups is 1. The number of hydrogen-bond acceptors (Lipinski definition) is 4. The molecule has 106 valence electrons. The summed E-state index contributed by atoms with van der Waals surface area (Å²) in [6.07, 6.45) is 3.04. The minimum atomic E-state index is -0.168. The molecule has 21 heavy (non-hydrogen) atoms. The van der Waals surface area contributed by atoms with Gasteiger partial charge in [-0.2, -0.15) is 5.10 Å². The standard InChI is InChI=1S/C13H8Br2N4OS/c14-8-5-11(21-12(8)15)13(20)18-9-3-1-2-4-10(9)19-7-16-6-17-19/h1-7H,(H,18,20). The van der Waals surface area contributed by atoms with Crippen molar-refractivity contribution in [1.29, 1.82) is 0 Å². The van der Waals surface area contributed by atoms with E-state index in [1.165, 1.54) is 17.7 Å². The minimum Gasteiger partial charge on any atom is -0.319 e. The minimum absolute atomic E-state index is 0.168. The van der Waals surface area contributed by atoms with Crippen molar-refractivity contribution in [2.75, 3.05) is 5.32 Å². The largest absolute Gasteiger partial charge is 0.319 e. The van der Waals surface area contributed by atoms with E-state index in [2.05, 4.69) is 47.3 Å². The van der Waals surface area contributed by atoms with E-state index in [-0.39, 0.29) is 5.91 Å². The molecule has 3 rings (SSSR count). The van der Waals surface area contributed by atoms with E-state index in [0.717, 1.165) is 13.9 Å². The van der Waals surface area contributed by atoms with Crippen molar-refractivity contribution in [3.63, 3.8) is 0 Å². The van der Waals surface area contributed by atoms with Gasteiger partial charge in [0.05, 0.1) is 20.0 Å². The molecular weight excluding hydrogens is 420 g/mol. The summed E-state index contributed by atoms with van der Waals surface area (Å²) in [5.74, 6) is -0.168. The van der Waals surface area contributed by atoms with Gasteiger partial charge in [0.25, 0.3) is 5.91 Å². The lowest BCUT2D eigenvalue weighted by atomic mass is 10.2. The first-order valence-electron chi connectivity index (χ1n) is 5.85. The molecule has 0 aliphatic rings. The molecule has 8 heteroatoms. The maximum Gasteiger partial charge on any atom is 0.265 e. The van der Waals surface area contributed by atoms with Gasteiger partial charge in [-0.3, -0.25) is 4.79 Å². The molecule has 0 saturated heterocycles. The Kier molecular flexibility index (Phi) is 4.18. The van der Waals surface area contributed by atoms with Crippen molar-refractivity contribution in [3.05, 3.63) is 56.1 Å². The number of hydrogen-bond donors (Lipinski definition) is 1. The SMILES string of the molecule is O=C(Nc1ccccc1-n1cncn1)c1cc(Br)c(Br)s1. The van der Waals surface area contributed by atoms with E-state index in [9.17, 15) is 4.79 Å². The Labute approximate surface area is 141 Å². The maximum atomic E-state index is 12.3. The molecule has 2 aromatic heterocycles. The van der Waals surface area contributed by atoms with Crippen LogP contribution in [0.25, 0.3) is 5.69 Å². The van der Waals surface area contributed by atoms with Crippen LogP contribution >= 0.6 is 43.2 Å². The quantitative estimate of drug-likeness (QED) is 0.684. The van der Waals surface area contributed by atoms with Crippen LogP contribution in [0.5, 0.6) is 0 Å². The number of amides is 1. The Morgan fingerprint density at radius 3 is 2.76 bits per heavy atom. The van der Waals surface area contributed by atoms with Crippen LogP contribution in [0, 0.1) is 0 Å². The van der Waals surface area contributed by atoms with Gasteiger partial charge in [0.15, 0.2) is 0 Å².